The first-order chi connectivity index (χ1) is 9.70. The van der Waals surface area contributed by atoms with Crippen LogP contribution in [0.4, 0.5) is 0 Å². The van der Waals surface area contributed by atoms with E-state index in [1.54, 1.807) is 11.8 Å². The Hall–Kier alpha value is -1.67. The molecular formula is C18H22OS. The fourth-order valence-corrected chi connectivity index (χ4v) is 2.91. The van der Waals surface area contributed by atoms with E-state index in [0.717, 1.165) is 6.42 Å². The van der Waals surface area contributed by atoms with E-state index in [4.69, 9.17) is 0 Å². The first-order valence-corrected chi connectivity index (χ1v) is 7.69. The molecule has 0 aliphatic rings. The molecule has 20 heavy (non-hydrogen) atoms. The fraction of sp³-hybridized carbons (Fsp3) is 0.222. The van der Waals surface area contributed by atoms with Crippen molar-refractivity contribution >= 4 is 22.5 Å². The molecule has 0 heterocycles. The summed E-state index contributed by atoms with van der Waals surface area (Å²) in [5.74, 6) is 1.11. The van der Waals surface area contributed by atoms with Crippen molar-refractivity contribution < 1.29 is 5.11 Å². The van der Waals surface area contributed by atoms with Gasteiger partial charge in [0.25, 0.3) is 0 Å². The maximum atomic E-state index is 9.63. The minimum absolute atomic E-state index is 0.466. The van der Waals surface area contributed by atoms with Crippen LogP contribution in [0.15, 0.2) is 66.3 Å². The second-order valence-electron chi connectivity index (χ2n) is 4.35. The zero-order chi connectivity index (χ0) is 15.0. The minimum Gasteiger partial charge on any atom is -0.512 e. The summed E-state index contributed by atoms with van der Waals surface area (Å²) in [7, 11) is 0. The van der Waals surface area contributed by atoms with Crippen LogP contribution in [0.1, 0.15) is 18.9 Å². The van der Waals surface area contributed by atoms with Crippen molar-refractivity contribution in [3.63, 3.8) is 0 Å². The maximum Gasteiger partial charge on any atom is 0.0985 e. The van der Waals surface area contributed by atoms with E-state index in [-0.39, 0.29) is 0 Å². The summed E-state index contributed by atoms with van der Waals surface area (Å²) in [4.78, 5) is 1.21. The highest BCUT2D eigenvalue weighted by Gasteiger charge is 2.02. The van der Waals surface area contributed by atoms with Crippen LogP contribution in [-0.2, 0) is 0 Å². The van der Waals surface area contributed by atoms with Crippen molar-refractivity contribution in [1.82, 2.24) is 0 Å². The average molecular weight is 286 g/mol. The van der Waals surface area contributed by atoms with E-state index >= 15 is 0 Å². The number of thioether (sulfide) groups is 1. The van der Waals surface area contributed by atoms with Gasteiger partial charge in [-0.25, -0.2) is 0 Å². The van der Waals surface area contributed by atoms with Gasteiger partial charge in [-0.3, -0.25) is 0 Å². The Morgan fingerprint density at radius 2 is 1.95 bits per heavy atom. The van der Waals surface area contributed by atoms with Gasteiger partial charge in [0.15, 0.2) is 0 Å². The molecule has 0 amide bonds. The number of aliphatic hydroxyl groups excluding tert-OH is 1. The van der Waals surface area contributed by atoms with Gasteiger partial charge in [0.05, 0.1) is 11.5 Å². The molecule has 0 aliphatic carbocycles. The summed E-state index contributed by atoms with van der Waals surface area (Å²) in [5, 5.41) is 12.2. The molecule has 1 N–H and O–H groups in total. The van der Waals surface area contributed by atoms with Crippen LogP contribution in [0.5, 0.6) is 0 Å². The van der Waals surface area contributed by atoms with Crippen LogP contribution in [0, 0.1) is 6.92 Å². The van der Waals surface area contributed by atoms with Gasteiger partial charge in [-0.1, -0.05) is 31.2 Å². The molecular weight excluding hydrogens is 264 g/mol. The highest BCUT2D eigenvalue weighted by molar-refractivity contribution is 7.99. The molecule has 0 saturated heterocycles. The highest BCUT2D eigenvalue weighted by atomic mass is 32.2. The number of benzene rings is 2. The van der Waals surface area contributed by atoms with Crippen LogP contribution in [0.25, 0.3) is 10.8 Å². The summed E-state index contributed by atoms with van der Waals surface area (Å²) in [5.41, 5.74) is 1.29. The van der Waals surface area contributed by atoms with Crippen LogP contribution in [0.2, 0.25) is 0 Å². The molecule has 2 aromatic carbocycles. The maximum absolute atomic E-state index is 9.63. The van der Waals surface area contributed by atoms with Crippen LogP contribution >= 0.6 is 11.8 Å². The van der Waals surface area contributed by atoms with E-state index < -0.39 is 0 Å². The Bertz CT molecular complexity index is 587. The Labute approximate surface area is 126 Å². The fourth-order valence-electron chi connectivity index (χ4n) is 2.00. The van der Waals surface area contributed by atoms with Gasteiger partial charge in [0.2, 0.25) is 0 Å². The highest BCUT2D eigenvalue weighted by Crippen LogP contribution is 2.27. The van der Waals surface area contributed by atoms with Gasteiger partial charge in [-0.05, 0) is 47.9 Å². The van der Waals surface area contributed by atoms with Crippen LogP contribution in [-0.4, -0.2) is 10.9 Å². The molecule has 0 aromatic heterocycles. The second-order valence-corrected chi connectivity index (χ2v) is 5.40. The Balaban J connectivity index is 0.000000956. The third kappa shape index (κ3) is 4.46. The molecule has 106 valence electrons. The smallest absolute Gasteiger partial charge is 0.0985 e. The molecule has 0 atom stereocenters. The quantitative estimate of drug-likeness (QED) is 0.429. The molecule has 0 spiro atoms. The lowest BCUT2D eigenvalue weighted by Gasteiger charge is -2.07. The van der Waals surface area contributed by atoms with Crippen molar-refractivity contribution in [2.45, 2.75) is 25.2 Å². The van der Waals surface area contributed by atoms with Crippen molar-refractivity contribution in [1.29, 1.82) is 0 Å². The molecule has 0 bridgehead atoms. The normalized spacial score (nSPS) is 11.0. The lowest BCUT2D eigenvalue weighted by atomic mass is 10.1. The van der Waals surface area contributed by atoms with Gasteiger partial charge in [-0.15, -0.1) is 24.9 Å². The third-order valence-electron chi connectivity index (χ3n) is 2.87. The number of fused-ring (bicyclic) bond motifs is 1. The summed E-state index contributed by atoms with van der Waals surface area (Å²) < 4.78 is 0. The molecule has 2 rings (SSSR count). The third-order valence-corrected chi connectivity index (χ3v) is 3.88. The van der Waals surface area contributed by atoms with Crippen LogP contribution in [0.3, 0.4) is 0 Å². The number of allylic oxidation sites excluding steroid dienone is 1. The summed E-state index contributed by atoms with van der Waals surface area (Å²) >= 11 is 1.68. The zero-order valence-corrected chi connectivity index (χ0v) is 13.0. The number of hydrogen-bond acceptors (Lipinski definition) is 2. The van der Waals surface area contributed by atoms with Crippen LogP contribution < -0.4 is 0 Å². The Kier molecular flexibility index (Phi) is 6.96. The molecule has 0 saturated carbocycles. The van der Waals surface area contributed by atoms with Gasteiger partial charge in [0.1, 0.15) is 0 Å². The molecule has 0 aliphatic heterocycles. The summed E-state index contributed by atoms with van der Waals surface area (Å²) in [6, 6.07) is 12.8. The van der Waals surface area contributed by atoms with E-state index in [1.807, 2.05) is 13.0 Å². The van der Waals surface area contributed by atoms with Gasteiger partial charge >= 0.3 is 0 Å². The van der Waals surface area contributed by atoms with Gasteiger partial charge in [-0.2, -0.15) is 0 Å². The molecule has 1 nitrogen and oxygen atoms in total. The lowest BCUT2D eigenvalue weighted by Crippen LogP contribution is -1.87. The lowest BCUT2D eigenvalue weighted by molar-refractivity contribution is 0.414. The topological polar surface area (TPSA) is 20.2 Å². The van der Waals surface area contributed by atoms with E-state index in [1.165, 1.54) is 21.2 Å². The largest absolute Gasteiger partial charge is 0.512 e. The SMILES string of the molecule is C=C.CCC=C(O)CSc1cc(C)c2ccccc2c1. The molecule has 2 heteroatoms. The predicted octanol–water partition coefficient (Wildman–Crippen LogP) is 5.89. The van der Waals surface area contributed by atoms with Gasteiger partial charge < -0.3 is 5.11 Å². The first kappa shape index (κ1) is 16.4. The van der Waals surface area contributed by atoms with E-state index in [0.29, 0.717) is 11.5 Å². The van der Waals surface area contributed by atoms with Crippen molar-refractivity contribution in [3.05, 3.63) is 67.0 Å². The second kappa shape index (κ2) is 8.49. The molecule has 0 fully saturated rings. The number of hydrogen-bond donors (Lipinski definition) is 1. The monoisotopic (exact) mass is 286 g/mol. The first-order valence-electron chi connectivity index (χ1n) is 6.71. The van der Waals surface area contributed by atoms with E-state index in [9.17, 15) is 5.11 Å². The summed E-state index contributed by atoms with van der Waals surface area (Å²) in [6.45, 7) is 10.2. The summed E-state index contributed by atoms with van der Waals surface area (Å²) in [6.07, 6.45) is 2.74. The Morgan fingerprint density at radius 1 is 1.25 bits per heavy atom. The average Bonchev–Trinajstić information content (AvgIpc) is 2.48. The van der Waals surface area contributed by atoms with Crippen molar-refractivity contribution in [2.75, 3.05) is 5.75 Å². The zero-order valence-electron chi connectivity index (χ0n) is 12.2. The minimum atomic E-state index is 0.466. The number of rotatable bonds is 4. The molecule has 0 unspecified atom stereocenters. The predicted molar refractivity (Wildman–Crippen MR) is 91.7 cm³/mol. The molecule has 2 aromatic rings. The number of aliphatic hydroxyl groups is 1. The van der Waals surface area contributed by atoms with Gasteiger partial charge in [0, 0.05) is 4.90 Å². The van der Waals surface area contributed by atoms with Crippen molar-refractivity contribution in [3.8, 4) is 0 Å². The van der Waals surface area contributed by atoms with Crippen molar-refractivity contribution in [2.24, 2.45) is 0 Å². The standard InChI is InChI=1S/C16H18OS.C2H4/c1-3-6-14(17)11-18-15-9-12(2)16-8-5-4-7-13(16)10-15;1-2/h4-10,17H,3,11H2,1-2H3;1-2H2. The number of aryl methyl sites for hydroxylation is 1. The Morgan fingerprint density at radius 3 is 2.65 bits per heavy atom. The molecule has 0 radical (unpaired) electrons. The van der Waals surface area contributed by atoms with E-state index in [2.05, 4.69) is 56.5 Å².